The van der Waals surface area contributed by atoms with Gasteiger partial charge in [0, 0.05) is 0 Å². The number of aromatic hydroxyl groups is 1. The Morgan fingerprint density at radius 1 is 1.00 bits per heavy atom. The van der Waals surface area contributed by atoms with Crippen molar-refractivity contribution in [1.29, 1.82) is 0 Å². The third-order valence-electron chi connectivity index (χ3n) is 3.52. The van der Waals surface area contributed by atoms with Gasteiger partial charge < -0.3 is 10.8 Å². The van der Waals surface area contributed by atoms with Crippen LogP contribution in [0, 0.1) is 0 Å². The van der Waals surface area contributed by atoms with Crippen molar-refractivity contribution < 1.29 is 5.11 Å². The summed E-state index contributed by atoms with van der Waals surface area (Å²) in [5.41, 5.74) is 10.2. The molecule has 3 N–H and O–H groups in total. The minimum atomic E-state index is -0.0809. The Morgan fingerprint density at radius 3 is 1.79 bits per heavy atom. The van der Waals surface area contributed by atoms with Gasteiger partial charge in [-0.05, 0) is 39.5 Å². The fraction of sp³-hybridized carbons (Fsp3) is 0.647. The smallest absolute Gasteiger partial charge is 0.139 e. The van der Waals surface area contributed by atoms with Crippen LogP contribution < -0.4 is 5.73 Å². The van der Waals surface area contributed by atoms with Crippen LogP contribution in [-0.4, -0.2) is 5.11 Å². The molecule has 0 saturated heterocycles. The highest BCUT2D eigenvalue weighted by Crippen LogP contribution is 2.44. The Kier molecular flexibility index (Phi) is 3.96. The summed E-state index contributed by atoms with van der Waals surface area (Å²) in [5.74, 6) is 0.589. The second-order valence-electron chi connectivity index (χ2n) is 7.80. The van der Waals surface area contributed by atoms with E-state index in [0.717, 1.165) is 5.56 Å². The summed E-state index contributed by atoms with van der Waals surface area (Å²) in [6, 6.07) is 1.85. The molecule has 2 heteroatoms. The molecule has 2 nitrogen and oxygen atoms in total. The van der Waals surface area contributed by atoms with E-state index >= 15 is 0 Å². The van der Waals surface area contributed by atoms with E-state index in [1.165, 1.54) is 11.1 Å². The lowest BCUT2D eigenvalue weighted by Gasteiger charge is -2.33. The highest BCUT2D eigenvalue weighted by atomic mass is 16.3. The van der Waals surface area contributed by atoms with Gasteiger partial charge in [0.25, 0.3) is 0 Å². The van der Waals surface area contributed by atoms with Crippen molar-refractivity contribution in [3.8, 4) is 5.75 Å². The summed E-state index contributed by atoms with van der Waals surface area (Å²) >= 11 is 0. The van der Waals surface area contributed by atoms with Crippen molar-refractivity contribution >= 4 is 5.69 Å². The van der Waals surface area contributed by atoms with Gasteiger partial charge in [0.1, 0.15) is 5.75 Å². The van der Waals surface area contributed by atoms with Gasteiger partial charge in [-0.2, -0.15) is 0 Å². The summed E-state index contributed by atoms with van der Waals surface area (Å²) in [6.45, 7) is 17.4. The van der Waals surface area contributed by atoms with Crippen LogP contribution in [0.4, 0.5) is 5.69 Å². The molecule has 0 heterocycles. The largest absolute Gasteiger partial charge is 0.506 e. The summed E-state index contributed by atoms with van der Waals surface area (Å²) < 4.78 is 0. The first kappa shape index (κ1) is 15.9. The summed E-state index contributed by atoms with van der Waals surface area (Å²) in [6.07, 6.45) is 0. The van der Waals surface area contributed by atoms with Crippen molar-refractivity contribution in [3.63, 3.8) is 0 Å². The van der Waals surface area contributed by atoms with E-state index in [0.29, 0.717) is 11.6 Å². The standard InChI is InChI=1S/C17H29NO/c1-10(2)13-11(16(3,4)5)9-12(19)15(18)14(13)17(6,7)8/h9-10,19H,18H2,1-8H3. The van der Waals surface area contributed by atoms with Gasteiger partial charge in [-0.3, -0.25) is 0 Å². The van der Waals surface area contributed by atoms with E-state index in [1.54, 1.807) is 0 Å². The fourth-order valence-corrected chi connectivity index (χ4v) is 2.73. The zero-order valence-electron chi connectivity index (χ0n) is 13.7. The predicted octanol–water partition coefficient (Wildman–Crippen LogP) is 4.69. The maximum atomic E-state index is 10.2. The first-order chi connectivity index (χ1) is 8.37. The van der Waals surface area contributed by atoms with Crippen molar-refractivity contribution in [2.75, 3.05) is 5.73 Å². The van der Waals surface area contributed by atoms with Crippen LogP contribution in [0.5, 0.6) is 5.75 Å². The molecule has 0 aromatic heterocycles. The van der Waals surface area contributed by atoms with Crippen molar-refractivity contribution in [3.05, 3.63) is 22.8 Å². The Labute approximate surface area is 118 Å². The van der Waals surface area contributed by atoms with Gasteiger partial charge in [0.05, 0.1) is 5.69 Å². The number of nitrogens with two attached hydrogens (primary N) is 1. The van der Waals surface area contributed by atoms with E-state index in [9.17, 15) is 5.11 Å². The minimum Gasteiger partial charge on any atom is -0.506 e. The summed E-state index contributed by atoms with van der Waals surface area (Å²) in [7, 11) is 0. The van der Waals surface area contributed by atoms with E-state index in [2.05, 4.69) is 55.4 Å². The first-order valence-corrected chi connectivity index (χ1v) is 7.03. The van der Waals surface area contributed by atoms with Crippen molar-refractivity contribution in [2.24, 2.45) is 0 Å². The van der Waals surface area contributed by atoms with Gasteiger partial charge >= 0.3 is 0 Å². The van der Waals surface area contributed by atoms with E-state index in [1.807, 2.05) is 6.07 Å². The molecule has 0 atom stereocenters. The van der Waals surface area contributed by atoms with E-state index < -0.39 is 0 Å². The average Bonchev–Trinajstić information content (AvgIpc) is 2.17. The third-order valence-corrected chi connectivity index (χ3v) is 3.52. The summed E-state index contributed by atoms with van der Waals surface area (Å²) in [4.78, 5) is 0. The zero-order chi connectivity index (χ0) is 15.2. The maximum absolute atomic E-state index is 10.2. The van der Waals surface area contributed by atoms with Gasteiger partial charge in [0.15, 0.2) is 0 Å². The molecule has 0 radical (unpaired) electrons. The molecule has 0 saturated carbocycles. The van der Waals surface area contributed by atoms with Gasteiger partial charge in [-0.1, -0.05) is 55.4 Å². The zero-order valence-corrected chi connectivity index (χ0v) is 13.7. The minimum absolute atomic E-state index is 0.00914. The van der Waals surface area contributed by atoms with Crippen molar-refractivity contribution in [1.82, 2.24) is 0 Å². The van der Waals surface area contributed by atoms with Gasteiger partial charge in [0.2, 0.25) is 0 Å². The molecule has 0 aliphatic carbocycles. The molecule has 0 bridgehead atoms. The number of hydrogen-bond acceptors (Lipinski definition) is 2. The van der Waals surface area contributed by atoms with Crippen LogP contribution in [0.1, 0.15) is 78.0 Å². The van der Waals surface area contributed by atoms with E-state index in [4.69, 9.17) is 5.73 Å². The lowest BCUT2D eigenvalue weighted by atomic mass is 9.72. The number of benzene rings is 1. The van der Waals surface area contributed by atoms with Crippen LogP contribution in [-0.2, 0) is 10.8 Å². The average molecular weight is 263 g/mol. The van der Waals surface area contributed by atoms with E-state index in [-0.39, 0.29) is 16.6 Å². The van der Waals surface area contributed by atoms with Crippen LogP contribution in [0.25, 0.3) is 0 Å². The van der Waals surface area contributed by atoms with Crippen LogP contribution >= 0.6 is 0 Å². The quantitative estimate of drug-likeness (QED) is 0.570. The Bertz CT molecular complexity index is 474. The highest BCUT2D eigenvalue weighted by Gasteiger charge is 2.30. The van der Waals surface area contributed by atoms with Crippen molar-refractivity contribution in [2.45, 2.75) is 72.1 Å². The molecule has 1 aromatic carbocycles. The topological polar surface area (TPSA) is 46.2 Å². The van der Waals surface area contributed by atoms with Gasteiger partial charge in [-0.25, -0.2) is 0 Å². The Balaban J connectivity index is 3.84. The second kappa shape index (κ2) is 4.73. The highest BCUT2D eigenvalue weighted by molar-refractivity contribution is 5.67. The number of anilines is 1. The van der Waals surface area contributed by atoms with Crippen LogP contribution in [0.15, 0.2) is 6.07 Å². The molecule has 1 aromatic rings. The molecular formula is C17H29NO. The molecule has 0 fully saturated rings. The number of phenols is 1. The van der Waals surface area contributed by atoms with Gasteiger partial charge in [-0.15, -0.1) is 0 Å². The number of nitrogen functional groups attached to an aromatic ring is 1. The molecule has 1 rings (SSSR count). The lowest BCUT2D eigenvalue weighted by Crippen LogP contribution is -2.23. The molecule has 108 valence electrons. The Hall–Kier alpha value is -1.18. The molecule has 0 spiro atoms. The lowest BCUT2D eigenvalue weighted by molar-refractivity contribution is 0.466. The normalized spacial score (nSPS) is 13.1. The number of phenolic OH excluding ortho intramolecular Hbond substituents is 1. The third kappa shape index (κ3) is 3.05. The predicted molar refractivity (Wildman–Crippen MR) is 84.0 cm³/mol. The second-order valence-corrected chi connectivity index (χ2v) is 7.80. The molecular weight excluding hydrogens is 234 g/mol. The molecule has 0 aliphatic rings. The fourth-order valence-electron chi connectivity index (χ4n) is 2.73. The van der Waals surface area contributed by atoms with Crippen LogP contribution in [0.3, 0.4) is 0 Å². The monoisotopic (exact) mass is 263 g/mol. The number of hydrogen-bond donors (Lipinski definition) is 2. The maximum Gasteiger partial charge on any atom is 0.139 e. The molecule has 19 heavy (non-hydrogen) atoms. The summed E-state index contributed by atoms with van der Waals surface area (Å²) in [5, 5.41) is 10.2. The van der Waals surface area contributed by atoms with Crippen LogP contribution in [0.2, 0.25) is 0 Å². The Morgan fingerprint density at radius 2 is 1.47 bits per heavy atom. The number of rotatable bonds is 1. The first-order valence-electron chi connectivity index (χ1n) is 7.03. The molecule has 0 amide bonds. The SMILES string of the molecule is CC(C)c1c(C(C)(C)C)cc(O)c(N)c1C(C)(C)C. The molecule has 0 aliphatic heterocycles. The molecule has 0 unspecified atom stereocenters.